The van der Waals surface area contributed by atoms with Crippen molar-refractivity contribution in [3.8, 4) is 17.2 Å². The molecule has 6 heteroatoms. The fourth-order valence-corrected chi connectivity index (χ4v) is 1.54. The number of hydrogen-bond donors (Lipinski definition) is 3. The van der Waals surface area contributed by atoms with Crippen LogP contribution in [0.15, 0.2) is 6.07 Å². The molecule has 0 saturated carbocycles. The normalized spacial score (nSPS) is 10.0. The van der Waals surface area contributed by atoms with Gasteiger partial charge in [0.25, 0.3) is 0 Å². The number of carbonyl (C=O) groups excluding carboxylic acids is 1. The molecule has 0 amide bonds. The average Bonchev–Trinajstić information content (AvgIpc) is 2.21. The fourth-order valence-electron chi connectivity index (χ4n) is 1.54. The van der Waals surface area contributed by atoms with E-state index in [4.69, 9.17) is 9.84 Å². The number of carboxylic acids is 1. The number of hydrogen-bond acceptors (Lipinski definition) is 5. The Labute approximate surface area is 97.1 Å². The Balaban J connectivity index is 3.49. The molecule has 0 saturated heterocycles. The van der Waals surface area contributed by atoms with Gasteiger partial charge in [0.05, 0.1) is 19.1 Å². The zero-order valence-corrected chi connectivity index (χ0v) is 9.35. The van der Waals surface area contributed by atoms with Gasteiger partial charge in [-0.3, -0.25) is 9.59 Å². The van der Waals surface area contributed by atoms with Gasteiger partial charge in [-0.05, 0) is 18.6 Å². The standard InChI is InChI=1S/C11H12O6/c1-5(12)9-6(4-8(13)14)3-7(17-2)10(15)11(9)16/h3,15-16H,4H2,1-2H3,(H,13,14). The summed E-state index contributed by atoms with van der Waals surface area (Å²) in [5, 5.41) is 27.8. The van der Waals surface area contributed by atoms with Crippen molar-refractivity contribution in [2.75, 3.05) is 7.11 Å². The number of Topliss-reactive ketones (excluding diaryl/α,β-unsaturated/α-hetero) is 1. The summed E-state index contributed by atoms with van der Waals surface area (Å²) in [6.45, 7) is 1.17. The molecule has 0 aliphatic heterocycles. The third kappa shape index (κ3) is 2.47. The highest BCUT2D eigenvalue weighted by Crippen LogP contribution is 2.40. The molecule has 0 fully saturated rings. The van der Waals surface area contributed by atoms with Crippen molar-refractivity contribution in [2.24, 2.45) is 0 Å². The summed E-state index contributed by atoms with van der Waals surface area (Å²) >= 11 is 0. The van der Waals surface area contributed by atoms with Crippen molar-refractivity contribution in [2.45, 2.75) is 13.3 Å². The maximum absolute atomic E-state index is 11.3. The number of phenols is 2. The van der Waals surface area contributed by atoms with E-state index in [1.165, 1.54) is 20.1 Å². The summed E-state index contributed by atoms with van der Waals surface area (Å²) in [6.07, 6.45) is -0.445. The SMILES string of the molecule is COc1cc(CC(=O)O)c(C(C)=O)c(O)c1O. The first-order chi connectivity index (χ1) is 7.88. The summed E-state index contributed by atoms with van der Waals surface area (Å²) in [5.74, 6) is -3.00. The van der Waals surface area contributed by atoms with Gasteiger partial charge in [0.15, 0.2) is 17.3 Å². The number of aromatic hydroxyl groups is 2. The second-order valence-electron chi connectivity index (χ2n) is 3.44. The molecule has 0 bridgehead atoms. The highest BCUT2D eigenvalue weighted by atomic mass is 16.5. The molecule has 0 aromatic heterocycles. The number of ketones is 1. The molecule has 0 radical (unpaired) electrons. The second kappa shape index (κ2) is 4.73. The van der Waals surface area contributed by atoms with Crippen LogP contribution in [0.25, 0.3) is 0 Å². The number of aliphatic carboxylic acids is 1. The Morgan fingerprint density at radius 3 is 2.29 bits per heavy atom. The zero-order chi connectivity index (χ0) is 13.2. The Hall–Kier alpha value is -2.24. The molecule has 0 atom stereocenters. The van der Waals surface area contributed by atoms with Crippen LogP contribution in [-0.4, -0.2) is 34.2 Å². The minimum Gasteiger partial charge on any atom is -0.504 e. The van der Waals surface area contributed by atoms with Gasteiger partial charge in [-0.1, -0.05) is 0 Å². The Morgan fingerprint density at radius 1 is 1.29 bits per heavy atom. The monoisotopic (exact) mass is 240 g/mol. The van der Waals surface area contributed by atoms with E-state index in [2.05, 4.69) is 0 Å². The van der Waals surface area contributed by atoms with Crippen LogP contribution < -0.4 is 4.74 Å². The first-order valence-electron chi connectivity index (χ1n) is 4.73. The van der Waals surface area contributed by atoms with Crippen molar-refractivity contribution >= 4 is 11.8 Å². The molecule has 0 heterocycles. The van der Waals surface area contributed by atoms with Gasteiger partial charge < -0.3 is 20.1 Å². The van der Waals surface area contributed by atoms with E-state index in [-0.39, 0.29) is 16.9 Å². The largest absolute Gasteiger partial charge is 0.504 e. The summed E-state index contributed by atoms with van der Waals surface area (Å²) in [4.78, 5) is 22.0. The molecule has 0 spiro atoms. The Bertz CT molecular complexity index is 477. The van der Waals surface area contributed by atoms with Crippen LogP contribution in [0.5, 0.6) is 17.2 Å². The quantitative estimate of drug-likeness (QED) is 0.534. The molecule has 0 unspecified atom stereocenters. The molecular weight excluding hydrogens is 228 g/mol. The van der Waals surface area contributed by atoms with E-state index in [1.807, 2.05) is 0 Å². The molecule has 17 heavy (non-hydrogen) atoms. The number of benzene rings is 1. The average molecular weight is 240 g/mol. The first kappa shape index (κ1) is 12.8. The Morgan fingerprint density at radius 2 is 1.88 bits per heavy atom. The van der Waals surface area contributed by atoms with Crippen LogP contribution in [0, 0.1) is 0 Å². The van der Waals surface area contributed by atoms with Crippen LogP contribution in [0.4, 0.5) is 0 Å². The van der Waals surface area contributed by atoms with Crippen LogP contribution in [0.3, 0.4) is 0 Å². The number of carboxylic acid groups (broad SMARTS) is 1. The van der Waals surface area contributed by atoms with Gasteiger partial charge in [-0.15, -0.1) is 0 Å². The summed E-state index contributed by atoms with van der Waals surface area (Å²) in [6, 6.07) is 1.22. The fraction of sp³-hybridized carbons (Fsp3) is 0.273. The predicted octanol–water partition coefficient (Wildman–Crippen LogP) is 0.936. The minimum absolute atomic E-state index is 0.0799. The molecule has 3 N–H and O–H groups in total. The minimum atomic E-state index is -1.15. The Kier molecular flexibility index (Phi) is 3.57. The van der Waals surface area contributed by atoms with Gasteiger partial charge in [0.2, 0.25) is 5.75 Å². The molecule has 1 rings (SSSR count). The lowest BCUT2D eigenvalue weighted by Gasteiger charge is -2.12. The van der Waals surface area contributed by atoms with E-state index in [9.17, 15) is 19.8 Å². The van der Waals surface area contributed by atoms with Crippen LogP contribution >= 0.6 is 0 Å². The van der Waals surface area contributed by atoms with Crippen molar-refractivity contribution in [1.29, 1.82) is 0 Å². The number of carbonyl (C=O) groups is 2. The number of phenolic OH excluding ortho intramolecular Hbond substituents is 2. The van der Waals surface area contributed by atoms with Gasteiger partial charge in [-0.25, -0.2) is 0 Å². The molecule has 0 aliphatic carbocycles. The molecule has 6 nitrogen and oxygen atoms in total. The van der Waals surface area contributed by atoms with Crippen molar-refractivity contribution in [3.05, 3.63) is 17.2 Å². The smallest absolute Gasteiger partial charge is 0.307 e. The van der Waals surface area contributed by atoms with Crippen molar-refractivity contribution < 1.29 is 29.6 Å². The van der Waals surface area contributed by atoms with Gasteiger partial charge in [-0.2, -0.15) is 0 Å². The highest BCUT2D eigenvalue weighted by Gasteiger charge is 2.21. The molecule has 1 aromatic rings. The summed E-state index contributed by atoms with van der Waals surface area (Å²) in [7, 11) is 1.26. The summed E-state index contributed by atoms with van der Waals surface area (Å²) < 4.78 is 4.77. The van der Waals surface area contributed by atoms with Gasteiger partial charge in [0.1, 0.15) is 0 Å². The molecular formula is C11H12O6. The molecule has 92 valence electrons. The third-order valence-electron chi connectivity index (χ3n) is 2.23. The van der Waals surface area contributed by atoms with Crippen LogP contribution in [-0.2, 0) is 11.2 Å². The van der Waals surface area contributed by atoms with E-state index in [1.54, 1.807) is 0 Å². The number of ether oxygens (including phenoxy) is 1. The van der Waals surface area contributed by atoms with E-state index < -0.39 is 29.7 Å². The maximum atomic E-state index is 11.3. The number of rotatable bonds is 4. The third-order valence-corrected chi connectivity index (χ3v) is 2.23. The topological polar surface area (TPSA) is 104 Å². The van der Waals surface area contributed by atoms with Gasteiger partial charge >= 0.3 is 5.97 Å². The van der Waals surface area contributed by atoms with E-state index >= 15 is 0 Å². The second-order valence-corrected chi connectivity index (χ2v) is 3.44. The lowest BCUT2D eigenvalue weighted by molar-refractivity contribution is -0.136. The van der Waals surface area contributed by atoms with E-state index in [0.29, 0.717) is 0 Å². The van der Waals surface area contributed by atoms with Crippen LogP contribution in [0.2, 0.25) is 0 Å². The van der Waals surface area contributed by atoms with Crippen molar-refractivity contribution in [1.82, 2.24) is 0 Å². The maximum Gasteiger partial charge on any atom is 0.307 e. The van der Waals surface area contributed by atoms with Gasteiger partial charge in [0, 0.05) is 0 Å². The lowest BCUT2D eigenvalue weighted by Crippen LogP contribution is -2.07. The number of methoxy groups -OCH3 is 1. The van der Waals surface area contributed by atoms with E-state index in [0.717, 1.165) is 0 Å². The zero-order valence-electron chi connectivity index (χ0n) is 9.35. The molecule has 1 aromatic carbocycles. The van der Waals surface area contributed by atoms with Crippen LogP contribution in [0.1, 0.15) is 22.8 Å². The molecule has 0 aliphatic rings. The lowest BCUT2D eigenvalue weighted by atomic mass is 9.99. The highest BCUT2D eigenvalue weighted by molar-refractivity contribution is 6.00. The summed E-state index contributed by atoms with van der Waals surface area (Å²) in [5.41, 5.74) is -0.108. The van der Waals surface area contributed by atoms with Crippen molar-refractivity contribution in [3.63, 3.8) is 0 Å². The predicted molar refractivity (Wildman–Crippen MR) is 57.7 cm³/mol. The first-order valence-corrected chi connectivity index (χ1v) is 4.73.